The molecule has 78 valence electrons. The van der Waals surface area contributed by atoms with Crippen LogP contribution in [0.15, 0.2) is 24.3 Å². The molecule has 0 bridgehead atoms. The Labute approximate surface area is 79.8 Å². The van der Waals surface area contributed by atoms with Gasteiger partial charge in [-0.15, -0.1) is 0 Å². The van der Waals surface area contributed by atoms with Gasteiger partial charge in [0.25, 0.3) is 0 Å². The second-order valence-corrected chi connectivity index (χ2v) is 1.85. The highest BCUT2D eigenvalue weighted by Crippen LogP contribution is 1.70. The van der Waals surface area contributed by atoms with E-state index >= 15 is 0 Å². The van der Waals surface area contributed by atoms with Crippen molar-refractivity contribution >= 4 is 17.9 Å². The maximum atomic E-state index is 9.55. The highest BCUT2D eigenvalue weighted by atomic mass is 16.4. The van der Waals surface area contributed by atoms with E-state index in [2.05, 4.69) is 0 Å². The van der Waals surface area contributed by atoms with Gasteiger partial charge in [0.1, 0.15) is 0 Å². The summed E-state index contributed by atoms with van der Waals surface area (Å²) in [4.78, 5) is 28.6. The van der Waals surface area contributed by atoms with Crippen LogP contribution in [0.4, 0.5) is 0 Å². The lowest BCUT2D eigenvalue weighted by molar-refractivity contribution is -0.134. The largest absolute Gasteiger partial charge is 0.478 e. The summed E-state index contributed by atoms with van der Waals surface area (Å²) in [5.41, 5.74) is 0. The zero-order chi connectivity index (χ0) is 11.6. The second-order valence-electron chi connectivity index (χ2n) is 1.85. The first-order valence-electron chi connectivity index (χ1n) is 3.39. The van der Waals surface area contributed by atoms with Gasteiger partial charge in [-0.2, -0.15) is 0 Å². The maximum Gasteiger partial charge on any atom is 0.328 e. The molecule has 14 heavy (non-hydrogen) atoms. The minimum Gasteiger partial charge on any atom is -0.478 e. The molecule has 0 aromatic rings. The van der Waals surface area contributed by atoms with Crippen LogP contribution in [0.2, 0.25) is 0 Å². The fraction of sp³-hybridized carbons (Fsp3) is 0.125. The number of carbonyl (C=O) groups is 3. The van der Waals surface area contributed by atoms with Gasteiger partial charge in [0.2, 0.25) is 0 Å². The van der Waals surface area contributed by atoms with Crippen molar-refractivity contribution in [1.29, 1.82) is 0 Å². The molecule has 0 aliphatic rings. The molecule has 0 aliphatic carbocycles. The zero-order valence-electron chi connectivity index (χ0n) is 7.38. The average molecular weight is 202 g/mol. The van der Waals surface area contributed by atoms with Crippen molar-refractivity contribution in [3.8, 4) is 0 Å². The van der Waals surface area contributed by atoms with Crippen LogP contribution in [0.5, 0.6) is 0 Å². The summed E-state index contributed by atoms with van der Waals surface area (Å²) in [6, 6.07) is 0. The highest BCUT2D eigenvalue weighted by molar-refractivity contribution is 5.89. The molecule has 0 aliphatic heterocycles. The van der Waals surface area contributed by atoms with Crippen molar-refractivity contribution in [2.24, 2.45) is 0 Å². The van der Waals surface area contributed by atoms with E-state index in [1.165, 1.54) is 6.08 Å². The molecule has 6 nitrogen and oxygen atoms in total. The van der Waals surface area contributed by atoms with Crippen LogP contribution in [0.25, 0.3) is 0 Å². The zero-order valence-corrected chi connectivity index (χ0v) is 7.38. The van der Waals surface area contributed by atoms with E-state index in [1.54, 1.807) is 6.92 Å². The Hall–Kier alpha value is -2.11. The van der Waals surface area contributed by atoms with Crippen LogP contribution in [0.3, 0.4) is 0 Å². The first-order chi connectivity index (χ1) is 6.40. The van der Waals surface area contributed by atoms with Crippen molar-refractivity contribution in [2.75, 3.05) is 0 Å². The third kappa shape index (κ3) is 22.5. The van der Waals surface area contributed by atoms with Gasteiger partial charge < -0.3 is 15.3 Å². The Kier molecular flexibility index (Phi) is 9.25. The topological polar surface area (TPSA) is 112 Å². The molecule has 0 atom stereocenters. The first kappa shape index (κ1) is 14.4. The molecule has 3 N–H and O–H groups in total. The molecule has 0 amide bonds. The van der Waals surface area contributed by atoms with Crippen LogP contribution in [-0.2, 0) is 14.4 Å². The normalized spacial score (nSPS) is 9.50. The standard InChI is InChI=1S/C4H4O4.C4H6O2/c5-3(6)1-2-4(7)8;1-2-3-4(5)6/h1-2H,(H,5,6)(H,7,8);2-3H,1H3,(H,5,6)/b2-1+;. The third-order valence-corrected chi connectivity index (χ3v) is 0.678. The molecule has 0 saturated heterocycles. The summed E-state index contributed by atoms with van der Waals surface area (Å²) in [5, 5.41) is 23.5. The third-order valence-electron chi connectivity index (χ3n) is 0.678. The Morgan fingerprint density at radius 1 is 0.786 bits per heavy atom. The van der Waals surface area contributed by atoms with E-state index in [-0.39, 0.29) is 0 Å². The Morgan fingerprint density at radius 2 is 1.07 bits per heavy atom. The predicted octanol–water partition coefficient (Wildman–Crippen LogP) is 0.359. The molecule has 0 fully saturated rings. The van der Waals surface area contributed by atoms with Crippen LogP contribution in [-0.4, -0.2) is 33.2 Å². The van der Waals surface area contributed by atoms with Gasteiger partial charge in [-0.3, -0.25) is 0 Å². The van der Waals surface area contributed by atoms with Crippen LogP contribution in [0.1, 0.15) is 6.92 Å². The number of carboxylic acids is 3. The van der Waals surface area contributed by atoms with E-state index < -0.39 is 17.9 Å². The smallest absolute Gasteiger partial charge is 0.328 e. The van der Waals surface area contributed by atoms with E-state index in [4.69, 9.17) is 15.3 Å². The van der Waals surface area contributed by atoms with E-state index in [0.717, 1.165) is 6.08 Å². The van der Waals surface area contributed by atoms with Crippen LogP contribution < -0.4 is 0 Å². The summed E-state index contributed by atoms with van der Waals surface area (Å²) in [6.45, 7) is 1.66. The molecule has 0 unspecified atom stereocenters. The fourth-order valence-electron chi connectivity index (χ4n) is 0.285. The van der Waals surface area contributed by atoms with Crippen LogP contribution >= 0.6 is 0 Å². The summed E-state index contributed by atoms with van der Waals surface area (Å²) in [6.07, 6.45) is 3.67. The molecule has 0 saturated carbocycles. The minimum atomic E-state index is -1.26. The number of hydrogen-bond donors (Lipinski definition) is 3. The minimum absolute atomic E-state index is 0.558. The number of rotatable bonds is 3. The molecule has 0 rings (SSSR count). The Balaban J connectivity index is 0. The van der Waals surface area contributed by atoms with E-state index in [1.807, 2.05) is 0 Å². The Bertz CT molecular complexity index is 247. The van der Waals surface area contributed by atoms with Gasteiger partial charge in [0, 0.05) is 18.2 Å². The lowest BCUT2D eigenvalue weighted by Gasteiger charge is -1.74. The SMILES string of the molecule is CC=CC(=O)O.O=C(O)/C=C/C(=O)O. The van der Waals surface area contributed by atoms with Gasteiger partial charge in [-0.25, -0.2) is 14.4 Å². The predicted molar refractivity (Wildman–Crippen MR) is 46.9 cm³/mol. The molecule has 6 heteroatoms. The van der Waals surface area contributed by atoms with E-state index in [9.17, 15) is 14.4 Å². The van der Waals surface area contributed by atoms with Crippen LogP contribution in [0, 0.1) is 0 Å². The van der Waals surface area contributed by atoms with Crippen molar-refractivity contribution in [3.05, 3.63) is 24.3 Å². The molecule has 0 radical (unpaired) electrons. The van der Waals surface area contributed by atoms with Gasteiger partial charge in [-0.05, 0) is 6.92 Å². The van der Waals surface area contributed by atoms with Gasteiger partial charge in [0.05, 0.1) is 0 Å². The number of allylic oxidation sites excluding steroid dienone is 1. The molecule has 0 aromatic heterocycles. The lowest BCUT2D eigenvalue weighted by Crippen LogP contribution is -1.91. The number of aliphatic carboxylic acids is 3. The van der Waals surface area contributed by atoms with E-state index in [0.29, 0.717) is 12.2 Å². The quantitative estimate of drug-likeness (QED) is 0.569. The monoisotopic (exact) mass is 202 g/mol. The number of hydrogen-bond acceptors (Lipinski definition) is 3. The van der Waals surface area contributed by atoms with Crippen molar-refractivity contribution in [2.45, 2.75) is 6.92 Å². The maximum absolute atomic E-state index is 9.55. The fourth-order valence-corrected chi connectivity index (χ4v) is 0.285. The Morgan fingerprint density at radius 3 is 1.14 bits per heavy atom. The average Bonchev–Trinajstić information content (AvgIpc) is 2.01. The summed E-state index contributed by atoms with van der Waals surface area (Å²) < 4.78 is 0. The summed E-state index contributed by atoms with van der Waals surface area (Å²) in [5.74, 6) is -3.41. The van der Waals surface area contributed by atoms with Gasteiger partial charge in [-0.1, -0.05) is 6.08 Å². The second kappa shape index (κ2) is 8.98. The molecular weight excluding hydrogens is 192 g/mol. The molecule has 0 aromatic carbocycles. The first-order valence-corrected chi connectivity index (χ1v) is 3.39. The molecule has 0 spiro atoms. The van der Waals surface area contributed by atoms with Gasteiger partial charge >= 0.3 is 17.9 Å². The van der Waals surface area contributed by atoms with Gasteiger partial charge in [0.15, 0.2) is 0 Å². The van der Waals surface area contributed by atoms with Crippen molar-refractivity contribution < 1.29 is 29.7 Å². The molecular formula is C8H10O6. The summed E-state index contributed by atoms with van der Waals surface area (Å²) >= 11 is 0. The summed E-state index contributed by atoms with van der Waals surface area (Å²) in [7, 11) is 0. The van der Waals surface area contributed by atoms with Crippen molar-refractivity contribution in [3.63, 3.8) is 0 Å². The van der Waals surface area contributed by atoms with Crippen molar-refractivity contribution in [1.82, 2.24) is 0 Å². The highest BCUT2D eigenvalue weighted by Gasteiger charge is 1.88. The molecule has 0 heterocycles. The number of carboxylic acid groups (broad SMARTS) is 3. The lowest BCUT2D eigenvalue weighted by atomic mass is 10.5.